The van der Waals surface area contributed by atoms with E-state index >= 15 is 0 Å². The third-order valence-corrected chi connectivity index (χ3v) is 6.17. The monoisotopic (exact) mass is 416 g/mol. The minimum absolute atomic E-state index is 0.0408. The number of benzene rings is 1. The van der Waals surface area contributed by atoms with E-state index in [1.165, 1.54) is 16.7 Å². The van der Waals surface area contributed by atoms with Crippen molar-refractivity contribution in [1.29, 1.82) is 0 Å². The SMILES string of the molecule is COCCOCOCCC1(C/C=C2\CCCc3cc(OC)ccc32)C(=O)CCC1=O. The molecule has 0 N–H and O–H groups in total. The summed E-state index contributed by atoms with van der Waals surface area (Å²) in [5.41, 5.74) is 2.73. The number of aryl methyl sites for hydroxylation is 1. The van der Waals surface area contributed by atoms with Gasteiger partial charge in [-0.3, -0.25) is 9.59 Å². The zero-order valence-electron chi connectivity index (χ0n) is 18.0. The molecule has 0 bridgehead atoms. The zero-order valence-corrected chi connectivity index (χ0v) is 18.0. The van der Waals surface area contributed by atoms with Crippen LogP contribution in [0.15, 0.2) is 24.3 Å². The Bertz CT molecular complexity index is 766. The quantitative estimate of drug-likeness (QED) is 0.311. The van der Waals surface area contributed by atoms with Gasteiger partial charge < -0.3 is 18.9 Å². The van der Waals surface area contributed by atoms with Gasteiger partial charge in [0.05, 0.1) is 32.3 Å². The van der Waals surface area contributed by atoms with Gasteiger partial charge in [-0.05, 0) is 60.9 Å². The maximum Gasteiger partial charge on any atom is 0.147 e. The van der Waals surface area contributed by atoms with Crippen LogP contribution < -0.4 is 4.74 Å². The summed E-state index contributed by atoms with van der Waals surface area (Å²) in [5.74, 6) is 0.940. The lowest BCUT2D eigenvalue weighted by molar-refractivity contribution is -0.137. The van der Waals surface area contributed by atoms with Crippen LogP contribution in [-0.4, -0.2) is 52.4 Å². The Hall–Kier alpha value is -2.02. The molecule has 0 atom stereocenters. The van der Waals surface area contributed by atoms with E-state index in [1.54, 1.807) is 14.2 Å². The number of ether oxygens (including phenoxy) is 4. The first-order valence-corrected chi connectivity index (χ1v) is 10.7. The standard InChI is InChI=1S/C24H32O6/c1-27-14-15-30-17-29-13-12-24(22(25)8-9-23(24)26)11-10-18-4-3-5-19-16-20(28-2)6-7-21(18)19/h6-7,10,16H,3-5,8-9,11-15,17H2,1-2H3/b18-10+. The largest absolute Gasteiger partial charge is 0.497 e. The number of ketones is 2. The van der Waals surface area contributed by atoms with Gasteiger partial charge in [0.2, 0.25) is 0 Å². The summed E-state index contributed by atoms with van der Waals surface area (Å²) in [6.45, 7) is 1.42. The number of hydrogen-bond acceptors (Lipinski definition) is 6. The Labute approximate surface area is 178 Å². The highest BCUT2D eigenvalue weighted by Gasteiger charge is 2.48. The van der Waals surface area contributed by atoms with E-state index in [1.807, 2.05) is 6.07 Å². The molecule has 0 spiro atoms. The van der Waals surface area contributed by atoms with E-state index in [0.717, 1.165) is 25.0 Å². The number of Topliss-reactive ketones (excluding diaryl/α,β-unsaturated/α-hetero) is 2. The fourth-order valence-electron chi connectivity index (χ4n) is 4.37. The van der Waals surface area contributed by atoms with E-state index in [9.17, 15) is 9.59 Å². The lowest BCUT2D eigenvalue weighted by Gasteiger charge is -2.26. The summed E-state index contributed by atoms with van der Waals surface area (Å²) >= 11 is 0. The zero-order chi connectivity index (χ0) is 21.4. The fraction of sp³-hybridized carbons (Fsp3) is 0.583. The van der Waals surface area contributed by atoms with Gasteiger partial charge in [0.1, 0.15) is 24.1 Å². The van der Waals surface area contributed by atoms with Crippen molar-refractivity contribution in [1.82, 2.24) is 0 Å². The van der Waals surface area contributed by atoms with E-state index in [-0.39, 0.29) is 18.4 Å². The highest BCUT2D eigenvalue weighted by Crippen LogP contribution is 2.41. The molecule has 0 heterocycles. The second-order valence-electron chi connectivity index (χ2n) is 7.92. The van der Waals surface area contributed by atoms with Crippen LogP contribution in [0.2, 0.25) is 0 Å². The molecule has 6 nitrogen and oxygen atoms in total. The number of carbonyl (C=O) groups excluding carboxylic acids is 2. The minimum Gasteiger partial charge on any atom is -0.497 e. The molecule has 2 aliphatic rings. The van der Waals surface area contributed by atoms with Crippen molar-refractivity contribution in [2.45, 2.75) is 44.9 Å². The summed E-state index contributed by atoms with van der Waals surface area (Å²) in [6.07, 6.45) is 6.66. The molecule has 0 saturated heterocycles. The van der Waals surface area contributed by atoms with Crippen molar-refractivity contribution in [2.24, 2.45) is 5.41 Å². The molecule has 2 aliphatic carbocycles. The van der Waals surface area contributed by atoms with Crippen LogP contribution in [0, 0.1) is 5.41 Å². The van der Waals surface area contributed by atoms with Gasteiger partial charge in [-0.1, -0.05) is 12.1 Å². The first kappa shape index (κ1) is 22.7. The number of carbonyl (C=O) groups is 2. The number of fused-ring (bicyclic) bond motifs is 1. The molecule has 6 heteroatoms. The summed E-state index contributed by atoms with van der Waals surface area (Å²) < 4.78 is 21.1. The van der Waals surface area contributed by atoms with E-state index in [4.69, 9.17) is 18.9 Å². The van der Waals surface area contributed by atoms with Crippen molar-refractivity contribution in [3.63, 3.8) is 0 Å². The molecule has 0 unspecified atom stereocenters. The lowest BCUT2D eigenvalue weighted by atomic mass is 9.76. The molecule has 0 amide bonds. The summed E-state index contributed by atoms with van der Waals surface area (Å²) in [5, 5.41) is 0. The minimum atomic E-state index is -0.955. The number of methoxy groups -OCH3 is 2. The molecule has 0 radical (unpaired) electrons. The van der Waals surface area contributed by atoms with Crippen molar-refractivity contribution >= 4 is 17.1 Å². The molecule has 0 aliphatic heterocycles. The first-order valence-electron chi connectivity index (χ1n) is 10.7. The molecule has 1 saturated carbocycles. The number of rotatable bonds is 11. The highest BCUT2D eigenvalue weighted by molar-refractivity contribution is 6.13. The van der Waals surface area contributed by atoms with Gasteiger partial charge in [0.25, 0.3) is 0 Å². The second-order valence-corrected chi connectivity index (χ2v) is 7.92. The topological polar surface area (TPSA) is 71.1 Å². The number of hydrogen-bond donors (Lipinski definition) is 0. The van der Waals surface area contributed by atoms with Crippen molar-refractivity contribution < 1.29 is 28.5 Å². The molecule has 30 heavy (non-hydrogen) atoms. The van der Waals surface area contributed by atoms with E-state index < -0.39 is 5.41 Å². The van der Waals surface area contributed by atoms with Gasteiger partial charge >= 0.3 is 0 Å². The van der Waals surface area contributed by atoms with Gasteiger partial charge in [-0.2, -0.15) is 0 Å². The van der Waals surface area contributed by atoms with Gasteiger partial charge in [0, 0.05) is 20.0 Å². The fourth-order valence-corrected chi connectivity index (χ4v) is 4.37. The van der Waals surface area contributed by atoms with E-state index in [2.05, 4.69) is 18.2 Å². The van der Waals surface area contributed by atoms with Gasteiger partial charge in [-0.15, -0.1) is 0 Å². The Morgan fingerprint density at radius 1 is 0.967 bits per heavy atom. The molecule has 0 aromatic heterocycles. The summed E-state index contributed by atoms with van der Waals surface area (Å²) in [7, 11) is 3.29. The normalized spacial score (nSPS) is 19.3. The number of allylic oxidation sites excluding steroid dienone is 2. The molecule has 164 valence electrons. The maximum absolute atomic E-state index is 12.7. The molecule has 1 aromatic rings. The predicted molar refractivity (Wildman–Crippen MR) is 113 cm³/mol. The third kappa shape index (κ3) is 5.17. The predicted octanol–water partition coefficient (Wildman–Crippen LogP) is 3.75. The average molecular weight is 417 g/mol. The smallest absolute Gasteiger partial charge is 0.147 e. The van der Waals surface area contributed by atoms with E-state index in [0.29, 0.717) is 45.5 Å². The molecule has 1 aromatic carbocycles. The molecule has 3 rings (SSSR count). The lowest BCUT2D eigenvalue weighted by Crippen LogP contribution is -2.34. The van der Waals surface area contributed by atoms with Crippen LogP contribution >= 0.6 is 0 Å². The van der Waals surface area contributed by atoms with Crippen molar-refractivity contribution in [3.05, 3.63) is 35.4 Å². The van der Waals surface area contributed by atoms with Crippen LogP contribution in [-0.2, 0) is 30.2 Å². The van der Waals surface area contributed by atoms with Gasteiger partial charge in [0.15, 0.2) is 0 Å². The summed E-state index contributed by atoms with van der Waals surface area (Å²) in [4.78, 5) is 25.5. The average Bonchev–Trinajstić information content (AvgIpc) is 3.05. The third-order valence-electron chi connectivity index (χ3n) is 6.17. The van der Waals surface area contributed by atoms with Crippen LogP contribution in [0.1, 0.15) is 49.7 Å². The first-order chi connectivity index (χ1) is 14.6. The van der Waals surface area contributed by atoms with Crippen LogP contribution in [0.5, 0.6) is 5.75 Å². The van der Waals surface area contributed by atoms with Crippen molar-refractivity contribution in [3.8, 4) is 5.75 Å². The molecular weight excluding hydrogens is 384 g/mol. The Balaban J connectivity index is 1.68. The molecule has 1 fully saturated rings. The van der Waals surface area contributed by atoms with Crippen LogP contribution in [0.4, 0.5) is 0 Å². The highest BCUT2D eigenvalue weighted by atomic mass is 16.7. The summed E-state index contributed by atoms with van der Waals surface area (Å²) in [6, 6.07) is 6.14. The van der Waals surface area contributed by atoms with Crippen LogP contribution in [0.25, 0.3) is 5.57 Å². The molecular formula is C24H32O6. The van der Waals surface area contributed by atoms with Gasteiger partial charge in [-0.25, -0.2) is 0 Å². The van der Waals surface area contributed by atoms with Crippen molar-refractivity contribution in [2.75, 3.05) is 40.8 Å². The Kier molecular flexibility index (Phi) is 8.19. The Morgan fingerprint density at radius 3 is 2.47 bits per heavy atom. The maximum atomic E-state index is 12.7. The second kappa shape index (κ2) is 10.8. The Morgan fingerprint density at radius 2 is 1.73 bits per heavy atom. The van der Waals surface area contributed by atoms with Crippen LogP contribution in [0.3, 0.4) is 0 Å².